The number of nitrogens with zero attached hydrogens (tertiary/aromatic N) is 6. The molecule has 0 amide bonds. The average Bonchev–Trinajstić information content (AvgIpc) is 3.44. The van der Waals surface area contributed by atoms with Crippen LogP contribution in [-0.4, -0.2) is 55.4 Å². The number of nitrogens with one attached hydrogen (secondary N) is 2. The van der Waals surface area contributed by atoms with E-state index in [9.17, 15) is 9.59 Å². The molecule has 2 aromatic heterocycles. The zero-order valence-corrected chi connectivity index (χ0v) is 25.4. The van der Waals surface area contributed by atoms with Gasteiger partial charge in [0.1, 0.15) is 0 Å². The molecule has 0 saturated carbocycles. The average molecular weight is 744 g/mol. The lowest BCUT2D eigenvalue weighted by Gasteiger charge is -2.07. The van der Waals surface area contributed by atoms with Gasteiger partial charge in [0.2, 0.25) is 0 Å². The van der Waals surface area contributed by atoms with Gasteiger partial charge in [-0.2, -0.15) is 9.58 Å². The summed E-state index contributed by atoms with van der Waals surface area (Å²) < 4.78 is 12.1. The van der Waals surface area contributed by atoms with Crippen LogP contribution in [0.25, 0.3) is 0 Å². The second-order valence-electron chi connectivity index (χ2n) is 7.55. The van der Waals surface area contributed by atoms with Gasteiger partial charge < -0.3 is 9.47 Å². The standard InChI is InChI=1S/2C12H13IN4O2/c2*1-3-19-12(18)11-8(2)17(16-14-11)15-10-6-4-9(13)5-7-10/h2*4-7,15H,3H2,1-2H3. The number of anilines is 2. The van der Waals surface area contributed by atoms with Gasteiger partial charge in [0.25, 0.3) is 0 Å². The Morgan fingerprint density at radius 3 is 1.37 bits per heavy atom. The van der Waals surface area contributed by atoms with Gasteiger partial charge in [-0.3, -0.25) is 10.9 Å². The summed E-state index contributed by atoms with van der Waals surface area (Å²) in [5.41, 5.74) is 9.49. The quantitative estimate of drug-likeness (QED) is 0.196. The van der Waals surface area contributed by atoms with Crippen molar-refractivity contribution in [3.05, 3.63) is 78.4 Å². The van der Waals surface area contributed by atoms with E-state index >= 15 is 0 Å². The second kappa shape index (κ2) is 14.0. The molecule has 0 atom stereocenters. The van der Waals surface area contributed by atoms with Crippen LogP contribution in [0, 0.1) is 21.0 Å². The Morgan fingerprint density at radius 2 is 1.05 bits per heavy atom. The van der Waals surface area contributed by atoms with Crippen molar-refractivity contribution in [2.75, 3.05) is 24.1 Å². The van der Waals surface area contributed by atoms with Crippen LogP contribution < -0.4 is 10.9 Å². The van der Waals surface area contributed by atoms with E-state index in [4.69, 9.17) is 9.47 Å². The molecule has 0 unspecified atom stereocenters. The molecule has 0 aliphatic heterocycles. The van der Waals surface area contributed by atoms with Crippen LogP contribution in [0.3, 0.4) is 0 Å². The molecular formula is C24H26I2N8O4. The van der Waals surface area contributed by atoms with Crippen LogP contribution in [0.2, 0.25) is 0 Å². The number of esters is 2. The first-order valence-corrected chi connectivity index (χ1v) is 13.6. The highest BCUT2D eigenvalue weighted by atomic mass is 127. The minimum atomic E-state index is -0.462. The molecule has 38 heavy (non-hydrogen) atoms. The van der Waals surface area contributed by atoms with Crippen LogP contribution in [-0.2, 0) is 9.47 Å². The Bertz CT molecular complexity index is 1270. The molecule has 0 fully saturated rings. The smallest absolute Gasteiger partial charge is 0.360 e. The molecule has 4 rings (SSSR count). The number of hydrogen-bond donors (Lipinski definition) is 2. The fourth-order valence-corrected chi connectivity index (χ4v) is 3.66. The topological polar surface area (TPSA) is 138 Å². The van der Waals surface area contributed by atoms with Gasteiger partial charge in [-0.25, -0.2) is 9.59 Å². The minimum absolute atomic E-state index is 0.222. The third kappa shape index (κ3) is 7.86. The first-order valence-electron chi connectivity index (χ1n) is 11.5. The molecule has 0 spiro atoms. The van der Waals surface area contributed by atoms with Crippen molar-refractivity contribution in [2.45, 2.75) is 27.7 Å². The first kappa shape index (κ1) is 29.3. The largest absolute Gasteiger partial charge is 0.461 e. The number of aromatic nitrogens is 6. The Balaban J connectivity index is 0.000000211. The SMILES string of the molecule is CCOC(=O)c1nnn(Nc2ccc(I)cc2)c1C.CCOC(=O)c1nnn(Nc2ccc(I)cc2)c1C. The van der Waals surface area contributed by atoms with Crippen molar-refractivity contribution in [2.24, 2.45) is 0 Å². The lowest BCUT2D eigenvalue weighted by atomic mass is 10.3. The lowest BCUT2D eigenvalue weighted by molar-refractivity contribution is 0.0509. The normalized spacial score (nSPS) is 10.3. The Morgan fingerprint density at radius 1 is 0.711 bits per heavy atom. The molecule has 4 aromatic rings. The van der Waals surface area contributed by atoms with Crippen LogP contribution in [0.1, 0.15) is 46.2 Å². The highest BCUT2D eigenvalue weighted by Crippen LogP contribution is 2.14. The Labute approximate surface area is 246 Å². The summed E-state index contributed by atoms with van der Waals surface area (Å²) in [6, 6.07) is 15.6. The van der Waals surface area contributed by atoms with E-state index in [2.05, 4.69) is 76.7 Å². The maximum absolute atomic E-state index is 11.6. The molecule has 12 nitrogen and oxygen atoms in total. The molecule has 0 aliphatic rings. The monoisotopic (exact) mass is 744 g/mol. The minimum Gasteiger partial charge on any atom is -0.461 e. The summed E-state index contributed by atoms with van der Waals surface area (Å²) in [5, 5.41) is 15.4. The Hall–Kier alpha value is -3.28. The van der Waals surface area contributed by atoms with Crippen molar-refractivity contribution in [3.8, 4) is 0 Å². The zero-order valence-electron chi connectivity index (χ0n) is 21.1. The van der Waals surface area contributed by atoms with E-state index in [1.54, 1.807) is 27.7 Å². The third-order valence-corrected chi connectivity index (χ3v) is 6.32. The summed E-state index contributed by atoms with van der Waals surface area (Å²) in [6.07, 6.45) is 0. The van der Waals surface area contributed by atoms with Crippen molar-refractivity contribution >= 4 is 68.5 Å². The maximum atomic E-state index is 11.6. The van der Waals surface area contributed by atoms with Gasteiger partial charge in [0.15, 0.2) is 11.4 Å². The molecular weight excluding hydrogens is 718 g/mol. The Kier molecular flexibility index (Phi) is 10.8. The number of hydrogen-bond acceptors (Lipinski definition) is 10. The van der Waals surface area contributed by atoms with Crippen LogP contribution >= 0.6 is 45.2 Å². The van der Waals surface area contributed by atoms with Gasteiger partial charge in [-0.15, -0.1) is 10.2 Å². The predicted molar refractivity (Wildman–Crippen MR) is 158 cm³/mol. The molecule has 0 saturated heterocycles. The molecule has 0 bridgehead atoms. The van der Waals surface area contributed by atoms with Crippen molar-refractivity contribution in [1.29, 1.82) is 0 Å². The maximum Gasteiger partial charge on any atom is 0.360 e. The van der Waals surface area contributed by atoms with Crippen LogP contribution in [0.4, 0.5) is 11.4 Å². The number of halogens is 2. The van der Waals surface area contributed by atoms with Gasteiger partial charge in [-0.1, -0.05) is 0 Å². The summed E-state index contributed by atoms with van der Waals surface area (Å²) >= 11 is 4.46. The highest BCUT2D eigenvalue weighted by molar-refractivity contribution is 14.1. The summed E-state index contributed by atoms with van der Waals surface area (Å²) in [6.45, 7) is 7.65. The van der Waals surface area contributed by atoms with Gasteiger partial charge >= 0.3 is 11.9 Å². The van der Waals surface area contributed by atoms with Crippen LogP contribution in [0.15, 0.2) is 48.5 Å². The van der Waals surface area contributed by atoms with Crippen molar-refractivity contribution < 1.29 is 19.1 Å². The van der Waals surface area contributed by atoms with Gasteiger partial charge in [0, 0.05) is 7.14 Å². The molecule has 2 N–H and O–H groups in total. The van der Waals surface area contributed by atoms with Gasteiger partial charge in [-0.05, 0) is 132 Å². The molecule has 2 aromatic carbocycles. The van der Waals surface area contributed by atoms with Crippen molar-refractivity contribution in [3.63, 3.8) is 0 Å². The van der Waals surface area contributed by atoms with Gasteiger partial charge in [0.05, 0.1) is 36.0 Å². The molecule has 200 valence electrons. The first-order chi connectivity index (χ1) is 18.2. The number of rotatable bonds is 8. The lowest BCUT2D eigenvalue weighted by Crippen LogP contribution is -2.14. The number of benzene rings is 2. The summed E-state index contributed by atoms with van der Waals surface area (Å²) in [4.78, 5) is 26.1. The van der Waals surface area contributed by atoms with E-state index in [1.165, 1.54) is 9.58 Å². The fraction of sp³-hybridized carbons (Fsp3) is 0.250. The predicted octanol–water partition coefficient (Wildman–Crippen LogP) is 4.49. The molecule has 2 heterocycles. The summed E-state index contributed by atoms with van der Waals surface area (Å²) in [7, 11) is 0. The number of ether oxygens (including phenoxy) is 2. The highest BCUT2D eigenvalue weighted by Gasteiger charge is 2.18. The van der Waals surface area contributed by atoms with E-state index in [0.29, 0.717) is 24.6 Å². The van der Waals surface area contributed by atoms with E-state index in [0.717, 1.165) is 18.5 Å². The molecule has 0 aliphatic carbocycles. The number of carbonyl (C=O) groups is 2. The zero-order chi connectivity index (χ0) is 27.7. The third-order valence-electron chi connectivity index (χ3n) is 4.89. The second-order valence-corrected chi connectivity index (χ2v) is 10.0. The molecule has 14 heteroatoms. The fourth-order valence-electron chi connectivity index (χ4n) is 2.94. The number of carbonyl (C=O) groups excluding carboxylic acids is 2. The van der Waals surface area contributed by atoms with E-state index in [1.807, 2.05) is 48.5 Å². The molecule has 0 radical (unpaired) electrons. The van der Waals surface area contributed by atoms with Crippen LogP contribution in [0.5, 0.6) is 0 Å². The van der Waals surface area contributed by atoms with E-state index < -0.39 is 11.9 Å². The summed E-state index contributed by atoms with van der Waals surface area (Å²) in [5.74, 6) is -0.925. The van der Waals surface area contributed by atoms with Crippen molar-refractivity contribution in [1.82, 2.24) is 30.2 Å². The van der Waals surface area contributed by atoms with E-state index in [-0.39, 0.29) is 11.4 Å².